The van der Waals surface area contributed by atoms with E-state index in [0.717, 1.165) is 68.9 Å². The third-order valence-corrected chi connectivity index (χ3v) is 6.80. The monoisotopic (exact) mass is 447 g/mol. The fourth-order valence-electron chi connectivity index (χ4n) is 4.73. The summed E-state index contributed by atoms with van der Waals surface area (Å²) in [7, 11) is 0. The largest absolute Gasteiger partial charge is 0.482 e. The average Bonchev–Trinajstić information content (AvgIpc) is 2.86. The molecule has 1 saturated heterocycles. The Bertz CT molecular complexity index is 987. The van der Waals surface area contributed by atoms with Crippen LogP contribution in [0.5, 0.6) is 5.75 Å². The zero-order valence-electron chi connectivity index (χ0n) is 20.2. The van der Waals surface area contributed by atoms with Gasteiger partial charge in [-0.05, 0) is 73.6 Å². The molecule has 1 amide bonds. The molecule has 2 aromatic rings. The van der Waals surface area contributed by atoms with Crippen molar-refractivity contribution in [3.8, 4) is 5.75 Å². The van der Waals surface area contributed by atoms with Gasteiger partial charge in [0.1, 0.15) is 11.4 Å². The summed E-state index contributed by atoms with van der Waals surface area (Å²) < 4.78 is 6.58. The first kappa shape index (κ1) is 23.5. The van der Waals surface area contributed by atoms with E-state index in [2.05, 4.69) is 66.6 Å². The molecule has 5 heteroatoms. The first-order valence-corrected chi connectivity index (χ1v) is 12.4. The van der Waals surface area contributed by atoms with Crippen LogP contribution < -0.4 is 15.4 Å². The quantitative estimate of drug-likeness (QED) is 0.620. The molecule has 1 spiro atoms. The standard InChI is InChI=1S/C28H37N3O2/c1-4-15-30-27(32)23-11-12-26-24(18-23)25(19-28(33-26)13-16-29-17-14-28)22-9-7-21(8-10-22)20-31(5-2)6-3/h7-12,18-19,29H,4-6,13-17,20H2,1-3H3,(H,30,32). The normalized spacial score (nSPS) is 16.8. The minimum absolute atomic E-state index is 0.0317. The van der Waals surface area contributed by atoms with Crippen LogP contribution in [0.2, 0.25) is 0 Å². The Balaban J connectivity index is 1.70. The van der Waals surface area contributed by atoms with E-state index >= 15 is 0 Å². The van der Waals surface area contributed by atoms with E-state index in [4.69, 9.17) is 4.74 Å². The lowest BCUT2D eigenvalue weighted by atomic mass is 9.83. The lowest BCUT2D eigenvalue weighted by Gasteiger charge is -2.40. The summed E-state index contributed by atoms with van der Waals surface area (Å²) in [5.41, 5.74) is 5.04. The van der Waals surface area contributed by atoms with Gasteiger partial charge >= 0.3 is 0 Å². The summed E-state index contributed by atoms with van der Waals surface area (Å²) >= 11 is 0. The SMILES string of the molecule is CCCNC(=O)c1ccc2c(c1)C(c1ccc(CN(CC)CC)cc1)=CC1(CCNCC1)O2. The van der Waals surface area contributed by atoms with E-state index in [1.807, 2.05) is 18.2 Å². The van der Waals surface area contributed by atoms with Gasteiger partial charge in [-0.2, -0.15) is 0 Å². The Hall–Kier alpha value is -2.63. The Morgan fingerprint density at radius 1 is 1.06 bits per heavy atom. The molecule has 0 bridgehead atoms. The van der Waals surface area contributed by atoms with Crippen LogP contribution in [0, 0.1) is 0 Å². The van der Waals surface area contributed by atoms with Crippen LogP contribution in [0.25, 0.3) is 5.57 Å². The molecule has 0 radical (unpaired) electrons. The maximum atomic E-state index is 12.6. The third kappa shape index (κ3) is 5.31. The maximum absolute atomic E-state index is 12.6. The number of hydrogen-bond donors (Lipinski definition) is 2. The Kier molecular flexibility index (Phi) is 7.51. The second kappa shape index (κ2) is 10.5. The molecule has 2 heterocycles. The number of carbonyl (C=O) groups excluding carboxylic acids is 1. The fraction of sp³-hybridized carbons (Fsp3) is 0.464. The van der Waals surface area contributed by atoms with Crippen molar-refractivity contribution in [1.82, 2.24) is 15.5 Å². The van der Waals surface area contributed by atoms with Gasteiger partial charge in [-0.3, -0.25) is 9.69 Å². The molecular weight excluding hydrogens is 410 g/mol. The number of carbonyl (C=O) groups is 1. The topological polar surface area (TPSA) is 53.6 Å². The fourth-order valence-corrected chi connectivity index (χ4v) is 4.73. The van der Waals surface area contributed by atoms with Gasteiger partial charge in [0.15, 0.2) is 0 Å². The zero-order valence-corrected chi connectivity index (χ0v) is 20.2. The predicted octanol–water partition coefficient (Wildman–Crippen LogP) is 4.61. The van der Waals surface area contributed by atoms with Gasteiger partial charge in [-0.1, -0.05) is 45.0 Å². The highest BCUT2D eigenvalue weighted by molar-refractivity contribution is 5.96. The van der Waals surface area contributed by atoms with Crippen LogP contribution in [0.4, 0.5) is 0 Å². The number of rotatable bonds is 8. The molecule has 2 aromatic carbocycles. The van der Waals surface area contributed by atoms with Crippen molar-refractivity contribution < 1.29 is 9.53 Å². The van der Waals surface area contributed by atoms with Crippen molar-refractivity contribution in [2.75, 3.05) is 32.7 Å². The highest BCUT2D eigenvalue weighted by atomic mass is 16.5. The number of nitrogens with one attached hydrogen (secondary N) is 2. The summed E-state index contributed by atoms with van der Waals surface area (Å²) in [6.07, 6.45) is 5.11. The number of nitrogens with zero attached hydrogens (tertiary/aromatic N) is 1. The number of fused-ring (bicyclic) bond motifs is 1. The number of hydrogen-bond acceptors (Lipinski definition) is 4. The Morgan fingerprint density at radius 3 is 2.45 bits per heavy atom. The molecule has 4 rings (SSSR count). The molecule has 0 aromatic heterocycles. The third-order valence-electron chi connectivity index (χ3n) is 6.80. The molecule has 0 unspecified atom stereocenters. The number of benzene rings is 2. The van der Waals surface area contributed by atoms with Crippen molar-refractivity contribution in [1.29, 1.82) is 0 Å². The minimum atomic E-state index is -0.292. The van der Waals surface area contributed by atoms with Crippen LogP contribution in [-0.2, 0) is 6.54 Å². The van der Waals surface area contributed by atoms with Gasteiger partial charge in [0, 0.05) is 37.1 Å². The zero-order chi connectivity index (χ0) is 23.3. The Morgan fingerprint density at radius 2 is 1.79 bits per heavy atom. The Labute approximate surface area is 198 Å². The molecule has 2 N–H and O–H groups in total. The number of piperidine rings is 1. The molecule has 0 aliphatic carbocycles. The molecular formula is C28H37N3O2. The molecule has 33 heavy (non-hydrogen) atoms. The van der Waals surface area contributed by atoms with Crippen LogP contribution in [0.3, 0.4) is 0 Å². The van der Waals surface area contributed by atoms with Gasteiger partial charge in [0.2, 0.25) is 0 Å². The van der Waals surface area contributed by atoms with Crippen molar-refractivity contribution >= 4 is 11.5 Å². The average molecular weight is 448 g/mol. The lowest BCUT2D eigenvalue weighted by Crippen LogP contribution is -2.46. The summed E-state index contributed by atoms with van der Waals surface area (Å²) in [6, 6.07) is 14.8. The minimum Gasteiger partial charge on any atom is -0.482 e. The second-order valence-electron chi connectivity index (χ2n) is 9.10. The van der Waals surface area contributed by atoms with E-state index in [1.165, 1.54) is 11.1 Å². The van der Waals surface area contributed by atoms with Gasteiger partial charge in [-0.15, -0.1) is 0 Å². The highest BCUT2D eigenvalue weighted by Crippen LogP contribution is 2.43. The summed E-state index contributed by atoms with van der Waals surface area (Å²) in [5, 5.41) is 6.44. The molecule has 5 nitrogen and oxygen atoms in total. The molecule has 0 atom stereocenters. The van der Waals surface area contributed by atoms with Crippen LogP contribution in [0.15, 0.2) is 48.5 Å². The first-order valence-electron chi connectivity index (χ1n) is 12.4. The molecule has 0 saturated carbocycles. The highest BCUT2D eigenvalue weighted by Gasteiger charge is 2.37. The van der Waals surface area contributed by atoms with E-state index in [0.29, 0.717) is 12.1 Å². The van der Waals surface area contributed by atoms with Gasteiger partial charge in [0.25, 0.3) is 5.91 Å². The lowest BCUT2D eigenvalue weighted by molar-refractivity contribution is 0.0816. The summed E-state index contributed by atoms with van der Waals surface area (Å²) in [4.78, 5) is 15.1. The van der Waals surface area contributed by atoms with Crippen LogP contribution in [0.1, 0.15) is 67.1 Å². The molecule has 2 aliphatic heterocycles. The van der Waals surface area contributed by atoms with E-state index < -0.39 is 0 Å². The van der Waals surface area contributed by atoms with Crippen LogP contribution >= 0.6 is 0 Å². The molecule has 2 aliphatic rings. The smallest absolute Gasteiger partial charge is 0.251 e. The number of amides is 1. The first-order chi connectivity index (χ1) is 16.1. The molecule has 1 fully saturated rings. The van der Waals surface area contributed by atoms with Crippen molar-refractivity contribution in [3.63, 3.8) is 0 Å². The number of ether oxygens (including phenoxy) is 1. The van der Waals surface area contributed by atoms with E-state index in [9.17, 15) is 4.79 Å². The van der Waals surface area contributed by atoms with Gasteiger partial charge in [-0.25, -0.2) is 0 Å². The van der Waals surface area contributed by atoms with E-state index in [1.54, 1.807) is 0 Å². The second-order valence-corrected chi connectivity index (χ2v) is 9.10. The predicted molar refractivity (Wildman–Crippen MR) is 135 cm³/mol. The van der Waals surface area contributed by atoms with E-state index in [-0.39, 0.29) is 11.5 Å². The molecule has 176 valence electrons. The van der Waals surface area contributed by atoms with Crippen molar-refractivity contribution in [2.24, 2.45) is 0 Å². The van der Waals surface area contributed by atoms with Crippen molar-refractivity contribution in [3.05, 3.63) is 70.8 Å². The summed E-state index contributed by atoms with van der Waals surface area (Å²) in [5.74, 6) is 0.837. The van der Waals surface area contributed by atoms with Crippen molar-refractivity contribution in [2.45, 2.75) is 52.2 Å². The van der Waals surface area contributed by atoms with Gasteiger partial charge < -0.3 is 15.4 Å². The summed E-state index contributed by atoms with van der Waals surface area (Å²) in [6.45, 7) is 12.1. The van der Waals surface area contributed by atoms with Crippen LogP contribution in [-0.4, -0.2) is 49.1 Å². The van der Waals surface area contributed by atoms with Gasteiger partial charge in [0.05, 0.1) is 0 Å². The maximum Gasteiger partial charge on any atom is 0.251 e.